The number of fused-ring (bicyclic) bond motifs is 1. The molecule has 1 aliphatic heterocycles. The van der Waals surface area contributed by atoms with Crippen LogP contribution in [0, 0.1) is 0 Å². The zero-order valence-electron chi connectivity index (χ0n) is 9.19. The van der Waals surface area contributed by atoms with Gasteiger partial charge in [0.1, 0.15) is 11.9 Å². The van der Waals surface area contributed by atoms with E-state index in [0.29, 0.717) is 17.1 Å². The van der Waals surface area contributed by atoms with Crippen molar-refractivity contribution in [2.75, 3.05) is 17.2 Å². The summed E-state index contributed by atoms with van der Waals surface area (Å²) in [6, 6.07) is 4.86. The maximum absolute atomic E-state index is 11.3. The number of rotatable bonds is 2. The van der Waals surface area contributed by atoms with Gasteiger partial charge in [-0.25, -0.2) is 0 Å². The van der Waals surface area contributed by atoms with Crippen molar-refractivity contribution in [2.24, 2.45) is 0 Å². The van der Waals surface area contributed by atoms with Gasteiger partial charge in [0.05, 0.1) is 5.69 Å². The predicted octanol–water partition coefficient (Wildman–Crippen LogP) is 0.337. The summed E-state index contributed by atoms with van der Waals surface area (Å²) in [5.74, 6) is -0.191. The number of benzene rings is 1. The van der Waals surface area contributed by atoms with Crippen LogP contribution in [0.25, 0.3) is 0 Å². The largest absolute Gasteiger partial charge is 0.482 e. The van der Waals surface area contributed by atoms with Crippen LogP contribution in [0.15, 0.2) is 18.2 Å². The van der Waals surface area contributed by atoms with E-state index in [4.69, 9.17) is 9.84 Å². The number of nitrogens with one attached hydrogen (secondary N) is 2. The molecule has 1 atom stereocenters. The molecule has 1 aliphatic rings. The minimum absolute atomic E-state index is 0.00756. The maximum Gasteiger partial charge on any atom is 0.262 e. The molecule has 90 valence electrons. The Bertz CT molecular complexity index is 471. The van der Waals surface area contributed by atoms with Crippen molar-refractivity contribution in [3.8, 4) is 5.75 Å². The number of ether oxygens (including phenoxy) is 1. The number of carbonyl (C=O) groups is 2. The molecule has 1 aromatic rings. The number of amides is 2. The van der Waals surface area contributed by atoms with E-state index in [1.165, 1.54) is 6.92 Å². The smallest absolute Gasteiger partial charge is 0.262 e. The van der Waals surface area contributed by atoms with Gasteiger partial charge in [-0.2, -0.15) is 0 Å². The van der Waals surface area contributed by atoms with Crippen LogP contribution in [0.5, 0.6) is 5.75 Å². The second-order valence-corrected chi connectivity index (χ2v) is 3.71. The van der Waals surface area contributed by atoms with Crippen LogP contribution < -0.4 is 15.4 Å². The van der Waals surface area contributed by atoms with E-state index in [1.807, 2.05) is 0 Å². The molecule has 2 amide bonds. The van der Waals surface area contributed by atoms with Crippen LogP contribution in [0.1, 0.15) is 6.92 Å². The molecule has 6 nitrogen and oxygen atoms in total. The van der Waals surface area contributed by atoms with Gasteiger partial charge in [0.15, 0.2) is 6.61 Å². The molecule has 0 radical (unpaired) electrons. The SMILES string of the molecule is CC(O)C(=O)Nc1ccc2c(c1)NC(=O)CO2. The first-order valence-corrected chi connectivity index (χ1v) is 5.12. The van der Waals surface area contributed by atoms with Gasteiger partial charge in [0.2, 0.25) is 0 Å². The van der Waals surface area contributed by atoms with Gasteiger partial charge in [-0.15, -0.1) is 0 Å². The highest BCUT2D eigenvalue weighted by atomic mass is 16.5. The number of hydrogen-bond donors (Lipinski definition) is 3. The molecule has 6 heteroatoms. The van der Waals surface area contributed by atoms with Crippen molar-refractivity contribution in [1.82, 2.24) is 0 Å². The van der Waals surface area contributed by atoms with E-state index >= 15 is 0 Å². The molecule has 0 bridgehead atoms. The molecule has 0 spiro atoms. The van der Waals surface area contributed by atoms with Gasteiger partial charge >= 0.3 is 0 Å². The molecule has 0 saturated carbocycles. The number of hydrogen-bond acceptors (Lipinski definition) is 4. The lowest BCUT2D eigenvalue weighted by Gasteiger charge is -2.18. The summed E-state index contributed by atoms with van der Waals surface area (Å²) in [7, 11) is 0. The lowest BCUT2D eigenvalue weighted by atomic mass is 10.2. The Labute approximate surface area is 97.6 Å². The Morgan fingerprint density at radius 3 is 3.06 bits per heavy atom. The molecule has 1 unspecified atom stereocenters. The van der Waals surface area contributed by atoms with Gasteiger partial charge in [-0.3, -0.25) is 9.59 Å². The normalized spacial score (nSPS) is 15.3. The van der Waals surface area contributed by atoms with Crippen molar-refractivity contribution < 1.29 is 19.4 Å². The lowest BCUT2D eigenvalue weighted by molar-refractivity contribution is -0.123. The summed E-state index contributed by atoms with van der Waals surface area (Å²) >= 11 is 0. The molecule has 17 heavy (non-hydrogen) atoms. The van der Waals surface area contributed by atoms with Gasteiger partial charge in [0.25, 0.3) is 11.8 Å². The molecule has 3 N–H and O–H groups in total. The summed E-state index contributed by atoms with van der Waals surface area (Å²) < 4.78 is 5.17. The van der Waals surface area contributed by atoms with E-state index in [1.54, 1.807) is 18.2 Å². The maximum atomic E-state index is 11.3. The molecular formula is C11H12N2O4. The van der Waals surface area contributed by atoms with Gasteiger partial charge in [-0.05, 0) is 25.1 Å². The van der Waals surface area contributed by atoms with Crippen molar-refractivity contribution in [3.63, 3.8) is 0 Å². The van der Waals surface area contributed by atoms with E-state index < -0.39 is 12.0 Å². The lowest BCUT2D eigenvalue weighted by Crippen LogP contribution is -2.26. The van der Waals surface area contributed by atoms with Crippen LogP contribution in [-0.2, 0) is 9.59 Å². The first-order chi connectivity index (χ1) is 8.06. The molecule has 0 aliphatic carbocycles. The third-order valence-electron chi connectivity index (χ3n) is 2.26. The van der Waals surface area contributed by atoms with E-state index in [9.17, 15) is 9.59 Å². The predicted molar refractivity (Wildman–Crippen MR) is 60.9 cm³/mol. The molecule has 0 fully saturated rings. The number of aliphatic hydroxyl groups is 1. The zero-order chi connectivity index (χ0) is 12.4. The Balaban J connectivity index is 2.18. The summed E-state index contributed by atoms with van der Waals surface area (Å²) in [5, 5.41) is 14.2. The van der Waals surface area contributed by atoms with Crippen molar-refractivity contribution in [1.29, 1.82) is 0 Å². The van der Waals surface area contributed by atoms with E-state index in [-0.39, 0.29) is 12.5 Å². The minimum atomic E-state index is -1.09. The van der Waals surface area contributed by atoms with Gasteiger partial charge < -0.3 is 20.5 Å². The highest BCUT2D eigenvalue weighted by molar-refractivity contribution is 5.98. The third-order valence-corrected chi connectivity index (χ3v) is 2.26. The Kier molecular flexibility index (Phi) is 2.97. The van der Waals surface area contributed by atoms with Crippen molar-refractivity contribution in [2.45, 2.75) is 13.0 Å². The number of carbonyl (C=O) groups excluding carboxylic acids is 2. The average molecular weight is 236 g/mol. The molecule has 0 saturated heterocycles. The molecular weight excluding hydrogens is 224 g/mol. The quantitative estimate of drug-likeness (QED) is 0.690. The zero-order valence-corrected chi connectivity index (χ0v) is 9.19. The fraction of sp³-hybridized carbons (Fsp3) is 0.273. The first kappa shape index (κ1) is 11.4. The second-order valence-electron chi connectivity index (χ2n) is 3.71. The van der Waals surface area contributed by atoms with Gasteiger partial charge in [0, 0.05) is 5.69 Å². The van der Waals surface area contributed by atoms with Crippen LogP contribution in [0.4, 0.5) is 11.4 Å². The first-order valence-electron chi connectivity index (χ1n) is 5.12. The second kappa shape index (κ2) is 4.42. The summed E-state index contributed by atoms with van der Waals surface area (Å²) in [6.07, 6.45) is -1.09. The topological polar surface area (TPSA) is 87.7 Å². The van der Waals surface area contributed by atoms with Crippen LogP contribution in [0.2, 0.25) is 0 Å². The van der Waals surface area contributed by atoms with Crippen molar-refractivity contribution in [3.05, 3.63) is 18.2 Å². The summed E-state index contributed by atoms with van der Waals surface area (Å²) in [5.41, 5.74) is 0.991. The van der Waals surface area contributed by atoms with Gasteiger partial charge in [-0.1, -0.05) is 0 Å². The average Bonchev–Trinajstić information content (AvgIpc) is 2.28. The summed E-state index contributed by atoms with van der Waals surface area (Å²) in [4.78, 5) is 22.4. The monoisotopic (exact) mass is 236 g/mol. The Morgan fingerprint density at radius 2 is 2.35 bits per heavy atom. The molecule has 2 rings (SSSR count). The van der Waals surface area contributed by atoms with Crippen molar-refractivity contribution >= 4 is 23.2 Å². The van der Waals surface area contributed by atoms with E-state index in [2.05, 4.69) is 10.6 Å². The fourth-order valence-electron chi connectivity index (χ4n) is 1.41. The Morgan fingerprint density at radius 1 is 1.59 bits per heavy atom. The Hall–Kier alpha value is -2.08. The molecule has 0 aromatic heterocycles. The third kappa shape index (κ3) is 2.54. The summed E-state index contributed by atoms with van der Waals surface area (Å²) in [6.45, 7) is 1.37. The highest BCUT2D eigenvalue weighted by Gasteiger charge is 2.17. The number of aliphatic hydroxyl groups excluding tert-OH is 1. The highest BCUT2D eigenvalue weighted by Crippen LogP contribution is 2.30. The van der Waals surface area contributed by atoms with Crippen LogP contribution >= 0.6 is 0 Å². The minimum Gasteiger partial charge on any atom is -0.482 e. The standard InChI is InChI=1S/C11H12N2O4/c1-6(14)11(16)12-7-2-3-9-8(4-7)13-10(15)5-17-9/h2-4,6,14H,5H2,1H3,(H,12,16)(H,13,15). The molecule has 1 aromatic carbocycles. The fourth-order valence-corrected chi connectivity index (χ4v) is 1.41. The van der Waals surface area contributed by atoms with E-state index in [0.717, 1.165) is 0 Å². The van der Waals surface area contributed by atoms with Crippen LogP contribution in [0.3, 0.4) is 0 Å². The number of anilines is 2. The van der Waals surface area contributed by atoms with Crippen LogP contribution in [-0.4, -0.2) is 29.6 Å². The molecule has 1 heterocycles.